The molecule has 0 amide bonds. The van der Waals surface area contributed by atoms with Gasteiger partial charge in [0.05, 0.1) is 22.6 Å². The Hall–Kier alpha value is -7.69. The van der Waals surface area contributed by atoms with Crippen LogP contribution in [0.4, 0.5) is 0 Å². The third-order valence-corrected chi connectivity index (χ3v) is 12.1. The minimum atomic E-state index is 0.0861. The molecule has 3 aromatic heterocycles. The molecule has 0 fully saturated rings. The van der Waals surface area contributed by atoms with Crippen LogP contribution in [0.2, 0.25) is 0 Å². The highest BCUT2D eigenvalue weighted by Crippen LogP contribution is 2.46. The van der Waals surface area contributed by atoms with Crippen LogP contribution in [0, 0.1) is 0 Å². The molecule has 11 rings (SSSR count). The first-order valence-electron chi connectivity index (χ1n) is 21.2. The van der Waals surface area contributed by atoms with Gasteiger partial charge in [-0.05, 0) is 52.6 Å². The minimum absolute atomic E-state index is 0.0861. The van der Waals surface area contributed by atoms with Crippen molar-refractivity contribution < 1.29 is 0 Å². The first-order chi connectivity index (χ1) is 30.3. The Kier molecular flexibility index (Phi) is 9.44. The summed E-state index contributed by atoms with van der Waals surface area (Å²) in [5.41, 5.74) is 15.2. The van der Waals surface area contributed by atoms with E-state index in [9.17, 15) is 0 Å². The smallest absolute Gasteiger partial charge is 0.160 e. The van der Waals surface area contributed by atoms with Gasteiger partial charge in [-0.1, -0.05) is 206 Å². The number of benzene rings is 6. The molecule has 0 radical (unpaired) electrons. The average Bonchev–Trinajstić information content (AvgIpc) is 3.76. The third kappa shape index (κ3) is 6.82. The molecule has 2 aliphatic carbocycles. The molecule has 4 nitrogen and oxygen atoms in total. The van der Waals surface area contributed by atoms with Gasteiger partial charge < -0.3 is 0 Å². The van der Waals surface area contributed by atoms with E-state index < -0.39 is 0 Å². The fourth-order valence-electron chi connectivity index (χ4n) is 9.11. The summed E-state index contributed by atoms with van der Waals surface area (Å²) in [6.07, 6.45) is 19.4. The standard InChI is InChI=1S/C57H42N4/c1-6-19-39(20-7-1)40-33-35-44(36-34-40)54-53(43-25-12-4-13-26-43)56-49-32-17-16-31-48(49)52(55(61(56)60-54)45-27-14-5-15-28-45)46-29-18-30-47(37-46)57-58-50(41-21-8-2-9-22-41)38-51(59-57)42-23-10-3-11-24-42/h1-23,25-27,29-38,42,45H,24,28H2. The van der Waals surface area contributed by atoms with Crippen molar-refractivity contribution in [3.8, 4) is 67.3 Å². The maximum atomic E-state index is 5.68. The second kappa shape index (κ2) is 15.8. The normalized spacial score (nSPS) is 15.8. The largest absolute Gasteiger partial charge is 0.235 e. The molecule has 0 spiro atoms. The molecular weight excluding hydrogens is 741 g/mol. The molecule has 0 bridgehead atoms. The zero-order valence-corrected chi connectivity index (χ0v) is 33.6. The zero-order valence-electron chi connectivity index (χ0n) is 33.6. The average molecular weight is 783 g/mol. The summed E-state index contributed by atoms with van der Waals surface area (Å²) in [7, 11) is 0. The number of hydrogen-bond acceptors (Lipinski definition) is 3. The van der Waals surface area contributed by atoms with Crippen LogP contribution in [0.25, 0.3) is 83.6 Å². The molecule has 9 aromatic rings. The third-order valence-electron chi connectivity index (χ3n) is 12.1. The van der Waals surface area contributed by atoms with E-state index in [1.54, 1.807) is 0 Å². The molecule has 6 aromatic carbocycles. The monoisotopic (exact) mass is 782 g/mol. The Labute approximate surface area is 356 Å². The highest BCUT2D eigenvalue weighted by molar-refractivity contribution is 6.12. The van der Waals surface area contributed by atoms with E-state index >= 15 is 0 Å². The number of hydrogen-bond donors (Lipinski definition) is 0. The van der Waals surface area contributed by atoms with Crippen LogP contribution >= 0.6 is 0 Å². The van der Waals surface area contributed by atoms with Gasteiger partial charge in [0.15, 0.2) is 5.82 Å². The summed E-state index contributed by atoms with van der Waals surface area (Å²) >= 11 is 0. The van der Waals surface area contributed by atoms with Crippen molar-refractivity contribution in [2.75, 3.05) is 0 Å². The molecule has 290 valence electrons. The maximum Gasteiger partial charge on any atom is 0.160 e. The van der Waals surface area contributed by atoms with Crippen LogP contribution in [-0.2, 0) is 0 Å². The molecular formula is C57H42N4. The molecule has 2 unspecified atom stereocenters. The fraction of sp³-hybridized carbons (Fsp3) is 0.0702. The van der Waals surface area contributed by atoms with Gasteiger partial charge in [-0.3, -0.25) is 0 Å². The summed E-state index contributed by atoms with van der Waals surface area (Å²) in [4.78, 5) is 10.5. The van der Waals surface area contributed by atoms with Crippen LogP contribution in [-0.4, -0.2) is 19.6 Å². The van der Waals surface area contributed by atoms with Crippen molar-refractivity contribution in [1.29, 1.82) is 0 Å². The van der Waals surface area contributed by atoms with Gasteiger partial charge in [-0.25, -0.2) is 14.5 Å². The Morgan fingerprint density at radius 2 is 1.00 bits per heavy atom. The summed E-state index contributed by atoms with van der Waals surface area (Å²) in [6.45, 7) is 0. The maximum absolute atomic E-state index is 5.68. The Morgan fingerprint density at radius 3 is 1.69 bits per heavy atom. The molecule has 0 saturated heterocycles. The van der Waals surface area contributed by atoms with Gasteiger partial charge in [0, 0.05) is 45.0 Å². The lowest BCUT2D eigenvalue weighted by Gasteiger charge is -2.23. The molecule has 0 aliphatic heterocycles. The number of pyridine rings is 1. The lowest BCUT2D eigenvalue weighted by molar-refractivity contribution is 0.763. The predicted molar refractivity (Wildman–Crippen MR) is 252 cm³/mol. The molecule has 2 aliphatic rings. The summed E-state index contributed by atoms with van der Waals surface area (Å²) in [5, 5.41) is 8.03. The number of aromatic nitrogens is 4. The van der Waals surface area contributed by atoms with Crippen LogP contribution in [0.5, 0.6) is 0 Å². The molecule has 2 atom stereocenters. The van der Waals surface area contributed by atoms with Crippen molar-refractivity contribution >= 4 is 16.3 Å². The Bertz CT molecular complexity index is 3170. The van der Waals surface area contributed by atoms with E-state index in [0.29, 0.717) is 0 Å². The number of nitrogens with zero attached hydrogens (tertiary/aromatic N) is 4. The predicted octanol–water partition coefficient (Wildman–Crippen LogP) is 14.5. The van der Waals surface area contributed by atoms with E-state index in [-0.39, 0.29) is 11.8 Å². The van der Waals surface area contributed by atoms with E-state index in [1.807, 2.05) is 6.07 Å². The van der Waals surface area contributed by atoms with Crippen LogP contribution in [0.3, 0.4) is 0 Å². The lowest BCUT2D eigenvalue weighted by atomic mass is 9.86. The van der Waals surface area contributed by atoms with Gasteiger partial charge >= 0.3 is 0 Å². The molecule has 61 heavy (non-hydrogen) atoms. The highest BCUT2D eigenvalue weighted by Gasteiger charge is 2.28. The second-order valence-corrected chi connectivity index (χ2v) is 15.9. The van der Waals surface area contributed by atoms with Crippen molar-refractivity contribution in [1.82, 2.24) is 19.6 Å². The zero-order chi connectivity index (χ0) is 40.5. The van der Waals surface area contributed by atoms with Crippen molar-refractivity contribution in [2.24, 2.45) is 0 Å². The van der Waals surface area contributed by atoms with Crippen molar-refractivity contribution in [3.05, 3.63) is 230 Å². The molecule has 0 N–H and O–H groups in total. The number of allylic oxidation sites excluding steroid dienone is 8. The van der Waals surface area contributed by atoms with Gasteiger partial charge in [-0.2, -0.15) is 5.10 Å². The van der Waals surface area contributed by atoms with Crippen LogP contribution in [0.15, 0.2) is 218 Å². The van der Waals surface area contributed by atoms with Gasteiger partial charge in [-0.15, -0.1) is 0 Å². The quantitative estimate of drug-likeness (QED) is 0.154. The topological polar surface area (TPSA) is 43.1 Å². The van der Waals surface area contributed by atoms with E-state index in [2.05, 4.69) is 217 Å². The van der Waals surface area contributed by atoms with E-state index in [4.69, 9.17) is 15.1 Å². The summed E-state index contributed by atoms with van der Waals surface area (Å²) < 4.78 is 2.27. The fourth-order valence-corrected chi connectivity index (χ4v) is 9.11. The number of rotatable bonds is 8. The van der Waals surface area contributed by atoms with Gasteiger partial charge in [0.1, 0.15) is 5.69 Å². The molecule has 3 heterocycles. The molecule has 4 heteroatoms. The lowest BCUT2D eigenvalue weighted by Crippen LogP contribution is -2.09. The van der Waals surface area contributed by atoms with Crippen molar-refractivity contribution in [2.45, 2.75) is 24.7 Å². The second-order valence-electron chi connectivity index (χ2n) is 15.9. The van der Waals surface area contributed by atoms with Crippen LogP contribution in [0.1, 0.15) is 36.1 Å². The Balaban J connectivity index is 1.16. The van der Waals surface area contributed by atoms with E-state index in [1.165, 1.54) is 22.1 Å². The van der Waals surface area contributed by atoms with Gasteiger partial charge in [0.25, 0.3) is 0 Å². The Morgan fingerprint density at radius 1 is 0.426 bits per heavy atom. The first-order valence-corrected chi connectivity index (χ1v) is 21.2. The van der Waals surface area contributed by atoms with Crippen LogP contribution < -0.4 is 0 Å². The highest BCUT2D eigenvalue weighted by atomic mass is 15.2. The number of fused-ring (bicyclic) bond motifs is 3. The first kappa shape index (κ1) is 36.4. The molecule has 0 saturated carbocycles. The summed E-state index contributed by atoms with van der Waals surface area (Å²) in [6, 6.07) is 60.5. The van der Waals surface area contributed by atoms with Gasteiger partial charge in [0.2, 0.25) is 0 Å². The SMILES string of the molecule is C1=CCC(c2cc(-c3ccccc3)nc(-c3cccc(-c4c(C5C=CC=CC5)n5nc(-c6ccc(-c7ccccc7)cc6)c(-c6ccccc6)c5c5ccccc45)c3)n2)C=C1. The van der Waals surface area contributed by atoms with E-state index in [0.717, 1.165) is 85.7 Å². The summed E-state index contributed by atoms with van der Waals surface area (Å²) in [5.74, 6) is 0.993. The van der Waals surface area contributed by atoms with Crippen molar-refractivity contribution in [3.63, 3.8) is 0 Å². The minimum Gasteiger partial charge on any atom is -0.235 e.